The van der Waals surface area contributed by atoms with Crippen LogP contribution in [0.5, 0.6) is 0 Å². The second-order valence-electron chi connectivity index (χ2n) is 13.5. The Hall–Kier alpha value is -6.19. The van der Waals surface area contributed by atoms with Gasteiger partial charge in [0, 0.05) is 33.7 Å². The second kappa shape index (κ2) is 12.6. The summed E-state index contributed by atoms with van der Waals surface area (Å²) >= 11 is 0. The molecule has 0 atom stereocenters. The van der Waals surface area contributed by atoms with E-state index in [1.807, 2.05) is 0 Å². The molecule has 1 aliphatic carbocycles. The van der Waals surface area contributed by atoms with Crippen LogP contribution in [0.3, 0.4) is 0 Å². The van der Waals surface area contributed by atoms with E-state index in [1.165, 1.54) is 39.1 Å². The molecule has 0 saturated carbocycles. The number of para-hydroxylation sites is 5. The molecule has 0 radical (unpaired) electrons. The highest BCUT2D eigenvalue weighted by atomic mass is 15.1. The Bertz CT molecular complexity index is 2440. The van der Waals surface area contributed by atoms with Crippen molar-refractivity contribution in [3.63, 3.8) is 0 Å². The van der Waals surface area contributed by atoms with Crippen LogP contribution in [0.1, 0.15) is 37.8 Å². The molecule has 0 N–H and O–H groups in total. The quantitative estimate of drug-likeness (QED) is 0.162. The molecule has 0 saturated heterocycles. The van der Waals surface area contributed by atoms with Crippen LogP contribution in [0.2, 0.25) is 0 Å². The van der Waals surface area contributed by atoms with Crippen LogP contribution < -0.4 is 4.90 Å². The van der Waals surface area contributed by atoms with Crippen LogP contribution in [0.15, 0.2) is 176 Å². The second-order valence-corrected chi connectivity index (χ2v) is 13.5. The lowest BCUT2D eigenvalue weighted by Crippen LogP contribution is -2.23. The molecule has 0 unspecified atom stereocenters. The molecule has 1 aromatic heterocycles. The summed E-state index contributed by atoms with van der Waals surface area (Å²) in [4.78, 5) is 7.46. The summed E-state index contributed by atoms with van der Waals surface area (Å²) in [5.41, 5.74) is 15.7. The van der Waals surface area contributed by atoms with Crippen LogP contribution in [0.4, 0.5) is 17.1 Å². The van der Waals surface area contributed by atoms with Crippen molar-refractivity contribution in [1.82, 2.24) is 9.55 Å². The number of hydrogen-bond donors (Lipinski definition) is 0. The third kappa shape index (κ3) is 5.08. The molecule has 0 spiro atoms. The van der Waals surface area contributed by atoms with E-state index in [0.29, 0.717) is 0 Å². The highest BCUT2D eigenvalue weighted by molar-refractivity contribution is 5.88. The van der Waals surface area contributed by atoms with Gasteiger partial charge in [0.2, 0.25) is 0 Å². The maximum absolute atomic E-state index is 5.09. The number of nitrogens with zero attached hydrogens (tertiary/aromatic N) is 3. The van der Waals surface area contributed by atoms with E-state index >= 15 is 0 Å². The Morgan fingerprint density at radius 3 is 1.67 bits per heavy atom. The molecule has 7 aromatic carbocycles. The largest absolute Gasteiger partial charge is 0.310 e. The zero-order valence-electron chi connectivity index (χ0n) is 29.0. The average Bonchev–Trinajstić information content (AvgIpc) is 3.72. The predicted octanol–water partition coefficient (Wildman–Crippen LogP) is 12.9. The van der Waals surface area contributed by atoms with Gasteiger partial charge in [-0.3, -0.25) is 4.57 Å². The highest BCUT2D eigenvalue weighted by Crippen LogP contribution is 2.55. The number of aromatic nitrogens is 2. The van der Waals surface area contributed by atoms with Crippen molar-refractivity contribution in [3.8, 4) is 39.3 Å². The first-order chi connectivity index (χ1) is 25.2. The molecule has 8 aromatic rings. The molecular weight excluding hydrogens is 619 g/mol. The van der Waals surface area contributed by atoms with Gasteiger partial charge in [-0.2, -0.15) is 0 Å². The summed E-state index contributed by atoms with van der Waals surface area (Å²) in [6.45, 7) is 4.70. The first kappa shape index (κ1) is 30.8. The smallest absolute Gasteiger partial charge is 0.145 e. The third-order valence-corrected chi connectivity index (χ3v) is 10.9. The molecule has 0 fully saturated rings. The number of imidazole rings is 1. The van der Waals surface area contributed by atoms with E-state index in [1.54, 1.807) is 0 Å². The maximum atomic E-state index is 5.09. The van der Waals surface area contributed by atoms with Gasteiger partial charge in [-0.1, -0.05) is 123 Å². The molecule has 0 amide bonds. The molecule has 51 heavy (non-hydrogen) atoms. The minimum absolute atomic E-state index is 0.0732. The molecule has 246 valence electrons. The van der Waals surface area contributed by atoms with E-state index in [0.717, 1.165) is 52.3 Å². The molecule has 3 nitrogen and oxygen atoms in total. The lowest BCUT2D eigenvalue weighted by molar-refractivity contribution is 0.490. The normalized spacial score (nSPS) is 12.8. The van der Waals surface area contributed by atoms with Crippen molar-refractivity contribution in [2.45, 2.75) is 32.1 Å². The van der Waals surface area contributed by atoms with E-state index < -0.39 is 0 Å². The Morgan fingerprint density at radius 2 is 1.02 bits per heavy atom. The summed E-state index contributed by atoms with van der Waals surface area (Å²) in [5.74, 6) is 0.949. The molecular formula is C48H39N3. The molecule has 9 rings (SSSR count). The lowest BCUT2D eigenvalue weighted by Gasteiger charge is -2.32. The lowest BCUT2D eigenvalue weighted by atomic mass is 9.73. The van der Waals surface area contributed by atoms with Gasteiger partial charge in [-0.15, -0.1) is 0 Å². The van der Waals surface area contributed by atoms with Crippen molar-refractivity contribution in [3.05, 3.63) is 187 Å². The van der Waals surface area contributed by atoms with Crippen LogP contribution in [-0.2, 0) is 5.41 Å². The monoisotopic (exact) mass is 657 g/mol. The maximum Gasteiger partial charge on any atom is 0.145 e. The van der Waals surface area contributed by atoms with Crippen molar-refractivity contribution in [2.24, 2.45) is 0 Å². The summed E-state index contributed by atoms with van der Waals surface area (Å²) in [7, 11) is 0. The van der Waals surface area contributed by atoms with Gasteiger partial charge >= 0.3 is 0 Å². The van der Waals surface area contributed by atoms with Gasteiger partial charge in [0.05, 0.1) is 11.0 Å². The zero-order valence-corrected chi connectivity index (χ0v) is 29.0. The van der Waals surface area contributed by atoms with E-state index in [2.05, 4.69) is 199 Å². The molecule has 3 heteroatoms. The minimum atomic E-state index is -0.0732. The fraction of sp³-hybridized carbons (Fsp3) is 0.104. The van der Waals surface area contributed by atoms with Crippen LogP contribution in [0.25, 0.3) is 50.4 Å². The average molecular weight is 658 g/mol. The van der Waals surface area contributed by atoms with Gasteiger partial charge in [0.25, 0.3) is 0 Å². The first-order valence-corrected chi connectivity index (χ1v) is 18.0. The van der Waals surface area contributed by atoms with Gasteiger partial charge in [0.1, 0.15) is 5.82 Å². The number of anilines is 3. The summed E-state index contributed by atoms with van der Waals surface area (Å²) in [6, 6.07) is 63.4. The number of rotatable bonds is 8. The van der Waals surface area contributed by atoms with E-state index in [9.17, 15) is 0 Å². The topological polar surface area (TPSA) is 21.1 Å². The van der Waals surface area contributed by atoms with Crippen molar-refractivity contribution in [2.75, 3.05) is 4.90 Å². The predicted molar refractivity (Wildman–Crippen MR) is 213 cm³/mol. The molecule has 0 aliphatic heterocycles. The SMILES string of the molecule is CCC1(CC)c2cc(-c3ccc(-c4nc5ccccc5n4-c4ccccc4)cc3)ccc2-c2ccc(N(c3ccccc3)c3ccccc3)cc21. The van der Waals surface area contributed by atoms with Gasteiger partial charge < -0.3 is 4.90 Å². The molecule has 1 aliphatic rings. The first-order valence-electron chi connectivity index (χ1n) is 18.0. The standard InChI is InChI=1S/C48H39N3/c1-3-48(4-2)43-32-36(34-24-26-35(27-25-34)47-49-45-22-14-15-23-46(45)51(47)39-20-12-7-13-21-39)28-30-41(43)42-31-29-40(33-44(42)48)50(37-16-8-5-9-17-37)38-18-10-6-11-19-38/h5-33H,3-4H2,1-2H3. The van der Waals surface area contributed by atoms with Crippen molar-refractivity contribution in [1.29, 1.82) is 0 Å². The fourth-order valence-electron chi connectivity index (χ4n) is 8.28. The summed E-state index contributed by atoms with van der Waals surface area (Å²) < 4.78 is 2.26. The number of benzene rings is 7. The highest BCUT2D eigenvalue weighted by Gasteiger charge is 2.41. The van der Waals surface area contributed by atoms with E-state index in [4.69, 9.17) is 4.98 Å². The Balaban J connectivity index is 1.11. The van der Waals surface area contributed by atoms with Crippen molar-refractivity contribution < 1.29 is 0 Å². The van der Waals surface area contributed by atoms with Gasteiger partial charge in [-0.25, -0.2) is 4.98 Å². The van der Waals surface area contributed by atoms with Crippen LogP contribution in [0, 0.1) is 0 Å². The van der Waals surface area contributed by atoms with Gasteiger partial charge in [-0.05, 0) is 113 Å². The Kier molecular flexibility index (Phi) is 7.62. The van der Waals surface area contributed by atoms with E-state index in [-0.39, 0.29) is 5.41 Å². The van der Waals surface area contributed by atoms with Crippen LogP contribution in [-0.4, -0.2) is 9.55 Å². The van der Waals surface area contributed by atoms with Gasteiger partial charge in [0.15, 0.2) is 0 Å². The molecule has 1 heterocycles. The minimum Gasteiger partial charge on any atom is -0.310 e. The Morgan fingerprint density at radius 1 is 0.490 bits per heavy atom. The fourth-order valence-corrected chi connectivity index (χ4v) is 8.28. The summed E-state index contributed by atoms with van der Waals surface area (Å²) in [6.07, 6.45) is 2.06. The Labute approximate surface area is 300 Å². The number of hydrogen-bond acceptors (Lipinski definition) is 2. The zero-order chi connectivity index (χ0) is 34.4. The van der Waals surface area contributed by atoms with Crippen LogP contribution >= 0.6 is 0 Å². The summed E-state index contributed by atoms with van der Waals surface area (Å²) in [5, 5.41) is 0. The number of fused-ring (bicyclic) bond motifs is 4. The van der Waals surface area contributed by atoms with Crippen molar-refractivity contribution >= 4 is 28.1 Å². The molecule has 0 bridgehead atoms. The third-order valence-electron chi connectivity index (χ3n) is 10.9.